The van der Waals surface area contributed by atoms with E-state index >= 15 is 0 Å². The molecule has 0 amide bonds. The van der Waals surface area contributed by atoms with Crippen molar-refractivity contribution in [3.63, 3.8) is 0 Å². The number of nitrogens with zero attached hydrogens (tertiary/aromatic N) is 2. The van der Waals surface area contributed by atoms with Crippen LogP contribution >= 0.6 is 0 Å². The number of hydrogen-bond acceptors (Lipinski definition) is 2. The molecule has 0 aromatic heterocycles. The summed E-state index contributed by atoms with van der Waals surface area (Å²) in [6.07, 6.45) is 5.90. The normalized spacial score (nSPS) is 11.2. The minimum atomic E-state index is 0.299. The first kappa shape index (κ1) is 9.94. The smallest absolute Gasteiger partial charge is 0.101 e. The molecule has 0 bridgehead atoms. The molecule has 0 aliphatic heterocycles. The molecular weight excluding hydrogens is 148 g/mol. The van der Waals surface area contributed by atoms with Crippen LogP contribution in [0.4, 0.5) is 0 Å². The fourth-order valence-electron chi connectivity index (χ4n) is 0.610. The molecule has 0 fully saturated rings. The first-order valence-corrected chi connectivity index (χ1v) is 3.26. The van der Waals surface area contributed by atoms with Crippen molar-refractivity contribution in [1.29, 1.82) is 10.5 Å². The SMILES string of the molecule is C=C/C=C(C#N)\C(C#N)=C/C=C. The second-order valence-electron chi connectivity index (χ2n) is 1.86. The van der Waals surface area contributed by atoms with Gasteiger partial charge in [0.1, 0.15) is 12.1 Å². The van der Waals surface area contributed by atoms with Crippen LogP contribution in [0.5, 0.6) is 0 Å². The van der Waals surface area contributed by atoms with E-state index in [0.717, 1.165) is 0 Å². The summed E-state index contributed by atoms with van der Waals surface area (Å²) in [6, 6.07) is 3.78. The molecule has 0 aromatic rings. The predicted octanol–water partition coefficient (Wildman–Crippen LogP) is 2.26. The Morgan fingerprint density at radius 2 is 1.25 bits per heavy atom. The van der Waals surface area contributed by atoms with E-state index < -0.39 is 0 Å². The first-order valence-electron chi connectivity index (χ1n) is 3.26. The van der Waals surface area contributed by atoms with Gasteiger partial charge in [-0.15, -0.1) is 0 Å². The van der Waals surface area contributed by atoms with Gasteiger partial charge in [0.25, 0.3) is 0 Å². The summed E-state index contributed by atoms with van der Waals surface area (Å²) in [5.41, 5.74) is 0.597. The highest BCUT2D eigenvalue weighted by atomic mass is 14.3. The van der Waals surface area contributed by atoms with Gasteiger partial charge >= 0.3 is 0 Å². The van der Waals surface area contributed by atoms with Gasteiger partial charge in [-0.3, -0.25) is 0 Å². The lowest BCUT2D eigenvalue weighted by Crippen LogP contribution is -1.81. The lowest BCUT2D eigenvalue weighted by atomic mass is 10.1. The molecule has 0 spiro atoms. The molecule has 0 saturated carbocycles. The fraction of sp³-hybridized carbons (Fsp3) is 0. The molecule has 0 atom stereocenters. The molecular formula is C10H8N2. The van der Waals surface area contributed by atoms with Crippen LogP contribution in [0, 0.1) is 22.7 Å². The van der Waals surface area contributed by atoms with E-state index in [4.69, 9.17) is 10.5 Å². The monoisotopic (exact) mass is 156 g/mol. The van der Waals surface area contributed by atoms with E-state index in [1.807, 2.05) is 12.1 Å². The van der Waals surface area contributed by atoms with Crippen LogP contribution in [0.3, 0.4) is 0 Å². The van der Waals surface area contributed by atoms with Gasteiger partial charge in [-0.25, -0.2) is 0 Å². The van der Waals surface area contributed by atoms with E-state index in [1.165, 1.54) is 24.3 Å². The van der Waals surface area contributed by atoms with Crippen molar-refractivity contribution in [2.45, 2.75) is 0 Å². The first-order chi connectivity index (χ1) is 5.79. The van der Waals surface area contributed by atoms with Gasteiger partial charge in [-0.2, -0.15) is 10.5 Å². The van der Waals surface area contributed by atoms with E-state index in [2.05, 4.69) is 13.2 Å². The topological polar surface area (TPSA) is 47.6 Å². The van der Waals surface area contributed by atoms with Crippen molar-refractivity contribution < 1.29 is 0 Å². The van der Waals surface area contributed by atoms with E-state index in [9.17, 15) is 0 Å². The maximum atomic E-state index is 8.59. The van der Waals surface area contributed by atoms with Gasteiger partial charge in [-0.05, 0) is 12.2 Å². The van der Waals surface area contributed by atoms with Crippen molar-refractivity contribution in [3.05, 3.63) is 48.6 Å². The molecule has 0 aliphatic carbocycles. The number of rotatable bonds is 3. The van der Waals surface area contributed by atoms with Crippen LogP contribution in [0.1, 0.15) is 0 Å². The second-order valence-corrected chi connectivity index (χ2v) is 1.86. The summed E-state index contributed by atoms with van der Waals surface area (Å²) >= 11 is 0. The minimum absolute atomic E-state index is 0.299. The maximum absolute atomic E-state index is 8.59. The average molecular weight is 156 g/mol. The Balaban J connectivity index is 5.00. The van der Waals surface area contributed by atoms with Gasteiger partial charge in [0.2, 0.25) is 0 Å². The molecule has 2 heteroatoms. The zero-order valence-corrected chi connectivity index (χ0v) is 6.62. The molecule has 0 heterocycles. The van der Waals surface area contributed by atoms with Gasteiger partial charge < -0.3 is 0 Å². The molecule has 58 valence electrons. The number of hydrogen-bond donors (Lipinski definition) is 0. The Kier molecular flexibility index (Phi) is 4.73. The summed E-state index contributed by atoms with van der Waals surface area (Å²) in [5, 5.41) is 17.2. The Hall–Kier alpha value is -2.06. The third-order valence-corrected chi connectivity index (χ3v) is 1.10. The van der Waals surface area contributed by atoms with Gasteiger partial charge in [-0.1, -0.05) is 25.3 Å². The highest BCUT2D eigenvalue weighted by Gasteiger charge is 1.99. The zero-order valence-electron chi connectivity index (χ0n) is 6.62. The average Bonchev–Trinajstić information content (AvgIpc) is 2.11. The summed E-state index contributed by atoms with van der Waals surface area (Å²) in [6.45, 7) is 6.87. The molecule has 0 aromatic carbocycles. The third kappa shape index (κ3) is 2.68. The van der Waals surface area contributed by atoms with Crippen LogP contribution < -0.4 is 0 Å². The van der Waals surface area contributed by atoms with Gasteiger partial charge in [0, 0.05) is 0 Å². The van der Waals surface area contributed by atoms with Crippen LogP contribution in [0.15, 0.2) is 48.6 Å². The molecule has 0 aliphatic rings. The summed E-state index contributed by atoms with van der Waals surface area (Å²) in [4.78, 5) is 0. The van der Waals surface area contributed by atoms with Gasteiger partial charge in [0.05, 0.1) is 11.1 Å². The number of nitriles is 2. The van der Waals surface area contributed by atoms with Crippen LogP contribution in [0.25, 0.3) is 0 Å². The van der Waals surface area contributed by atoms with E-state index in [-0.39, 0.29) is 0 Å². The zero-order chi connectivity index (χ0) is 9.40. The molecule has 12 heavy (non-hydrogen) atoms. The Morgan fingerprint density at radius 3 is 1.42 bits per heavy atom. The molecule has 0 radical (unpaired) electrons. The van der Waals surface area contributed by atoms with Crippen molar-refractivity contribution >= 4 is 0 Å². The summed E-state index contributed by atoms with van der Waals surface area (Å²) in [5.74, 6) is 0. The lowest BCUT2D eigenvalue weighted by molar-refractivity contribution is 1.43. The summed E-state index contributed by atoms with van der Waals surface area (Å²) in [7, 11) is 0. The Morgan fingerprint density at radius 1 is 0.917 bits per heavy atom. The highest BCUT2D eigenvalue weighted by molar-refractivity contribution is 5.52. The second kappa shape index (κ2) is 5.70. The Labute approximate surface area is 72.1 Å². The minimum Gasteiger partial charge on any atom is -0.192 e. The molecule has 0 unspecified atom stereocenters. The predicted molar refractivity (Wildman–Crippen MR) is 47.8 cm³/mol. The number of allylic oxidation sites excluding steroid dienone is 6. The molecule has 0 saturated heterocycles. The van der Waals surface area contributed by atoms with Crippen molar-refractivity contribution in [2.24, 2.45) is 0 Å². The lowest BCUT2D eigenvalue weighted by Gasteiger charge is -1.90. The fourth-order valence-corrected chi connectivity index (χ4v) is 0.610. The van der Waals surface area contributed by atoms with E-state index in [1.54, 1.807) is 0 Å². The Bertz CT molecular complexity index is 285. The van der Waals surface area contributed by atoms with Gasteiger partial charge in [0.15, 0.2) is 0 Å². The molecule has 0 N–H and O–H groups in total. The van der Waals surface area contributed by atoms with Crippen molar-refractivity contribution in [3.8, 4) is 12.1 Å². The third-order valence-electron chi connectivity index (χ3n) is 1.10. The largest absolute Gasteiger partial charge is 0.192 e. The van der Waals surface area contributed by atoms with E-state index in [0.29, 0.717) is 11.1 Å². The molecule has 2 nitrogen and oxygen atoms in total. The maximum Gasteiger partial charge on any atom is 0.101 e. The quantitative estimate of drug-likeness (QED) is 0.464. The van der Waals surface area contributed by atoms with Crippen LogP contribution in [-0.2, 0) is 0 Å². The van der Waals surface area contributed by atoms with Crippen molar-refractivity contribution in [2.75, 3.05) is 0 Å². The molecule has 0 rings (SSSR count). The summed E-state index contributed by atoms with van der Waals surface area (Å²) < 4.78 is 0. The van der Waals surface area contributed by atoms with Crippen LogP contribution in [-0.4, -0.2) is 0 Å². The highest BCUT2D eigenvalue weighted by Crippen LogP contribution is 2.07. The standard InChI is InChI=1S/C10H8N2/c1-3-5-9(7-11)10(8-12)6-4-2/h3-6H,1-2H2/b9-5-,10-6-. The van der Waals surface area contributed by atoms with Crippen LogP contribution in [0.2, 0.25) is 0 Å². The van der Waals surface area contributed by atoms with Crippen molar-refractivity contribution in [1.82, 2.24) is 0 Å².